The first-order chi connectivity index (χ1) is 6.34. The van der Waals surface area contributed by atoms with Crippen LogP contribution in [-0.2, 0) is 9.53 Å². The standard InChI is InChI=1S/C8H16N2O2S/c1-2-12-4-3-9-8(11)7-5-13-6-10-7/h7,10H,2-6H2,1H3,(H,9,11). The van der Waals surface area contributed by atoms with E-state index < -0.39 is 0 Å². The van der Waals surface area contributed by atoms with E-state index in [1.165, 1.54) is 0 Å². The van der Waals surface area contributed by atoms with Crippen molar-refractivity contribution >= 4 is 17.7 Å². The normalized spacial score (nSPS) is 21.8. The molecule has 1 saturated heterocycles. The average Bonchev–Trinajstić information content (AvgIpc) is 2.65. The molecule has 0 aromatic rings. The minimum atomic E-state index is -0.00775. The van der Waals surface area contributed by atoms with E-state index in [0.29, 0.717) is 19.8 Å². The van der Waals surface area contributed by atoms with Crippen molar-refractivity contribution in [3.63, 3.8) is 0 Å². The number of rotatable bonds is 5. The number of hydrogen-bond donors (Lipinski definition) is 2. The Bertz CT molecular complexity index is 160. The first-order valence-corrected chi connectivity index (χ1v) is 5.66. The van der Waals surface area contributed by atoms with Crippen LogP contribution in [0.15, 0.2) is 0 Å². The first-order valence-electron chi connectivity index (χ1n) is 4.51. The average molecular weight is 204 g/mol. The number of carbonyl (C=O) groups excluding carboxylic acids is 1. The van der Waals surface area contributed by atoms with Gasteiger partial charge in [0.05, 0.1) is 12.6 Å². The summed E-state index contributed by atoms with van der Waals surface area (Å²) in [6.07, 6.45) is 0. The molecule has 2 N–H and O–H groups in total. The molecule has 1 atom stereocenters. The lowest BCUT2D eigenvalue weighted by molar-refractivity contribution is -0.122. The fraction of sp³-hybridized carbons (Fsp3) is 0.875. The maximum atomic E-state index is 11.4. The fourth-order valence-corrected chi connectivity index (χ4v) is 2.02. The van der Waals surface area contributed by atoms with E-state index in [4.69, 9.17) is 4.74 Å². The van der Waals surface area contributed by atoms with Crippen molar-refractivity contribution in [3.8, 4) is 0 Å². The lowest BCUT2D eigenvalue weighted by Gasteiger charge is -2.09. The van der Waals surface area contributed by atoms with Gasteiger partial charge in [0, 0.05) is 24.8 Å². The third-order valence-electron chi connectivity index (χ3n) is 1.78. The Morgan fingerprint density at radius 1 is 1.77 bits per heavy atom. The Labute approximate surface area is 82.8 Å². The molecule has 1 heterocycles. The molecule has 0 saturated carbocycles. The Morgan fingerprint density at radius 2 is 2.62 bits per heavy atom. The lowest BCUT2D eigenvalue weighted by Crippen LogP contribution is -2.43. The van der Waals surface area contributed by atoms with Crippen molar-refractivity contribution in [2.24, 2.45) is 0 Å². The highest BCUT2D eigenvalue weighted by Gasteiger charge is 2.21. The highest BCUT2D eigenvalue weighted by Crippen LogP contribution is 2.08. The van der Waals surface area contributed by atoms with E-state index >= 15 is 0 Å². The van der Waals surface area contributed by atoms with Gasteiger partial charge >= 0.3 is 0 Å². The second-order valence-electron chi connectivity index (χ2n) is 2.76. The van der Waals surface area contributed by atoms with Crippen LogP contribution in [0.2, 0.25) is 0 Å². The van der Waals surface area contributed by atoms with Crippen LogP contribution in [0.5, 0.6) is 0 Å². The van der Waals surface area contributed by atoms with E-state index in [2.05, 4.69) is 10.6 Å². The van der Waals surface area contributed by atoms with Gasteiger partial charge in [-0.15, -0.1) is 11.8 Å². The summed E-state index contributed by atoms with van der Waals surface area (Å²) >= 11 is 1.75. The van der Waals surface area contributed by atoms with Crippen LogP contribution in [0.25, 0.3) is 0 Å². The van der Waals surface area contributed by atoms with E-state index in [1.807, 2.05) is 6.92 Å². The number of hydrogen-bond acceptors (Lipinski definition) is 4. The SMILES string of the molecule is CCOCCNC(=O)C1CSCN1. The molecule has 1 fully saturated rings. The van der Waals surface area contributed by atoms with Gasteiger partial charge in [-0.3, -0.25) is 10.1 Å². The first kappa shape index (κ1) is 10.8. The van der Waals surface area contributed by atoms with E-state index in [1.54, 1.807) is 11.8 Å². The molecule has 0 aromatic heterocycles. The van der Waals surface area contributed by atoms with Gasteiger partial charge < -0.3 is 10.1 Å². The zero-order valence-corrected chi connectivity index (χ0v) is 8.65. The third kappa shape index (κ3) is 3.97. The quantitative estimate of drug-likeness (QED) is 0.609. The largest absolute Gasteiger partial charge is 0.380 e. The van der Waals surface area contributed by atoms with Crippen molar-refractivity contribution < 1.29 is 9.53 Å². The van der Waals surface area contributed by atoms with Crippen molar-refractivity contribution in [1.82, 2.24) is 10.6 Å². The number of thioether (sulfide) groups is 1. The Balaban J connectivity index is 2.03. The summed E-state index contributed by atoms with van der Waals surface area (Å²) in [6.45, 7) is 3.85. The van der Waals surface area contributed by atoms with Crippen LogP contribution in [0.1, 0.15) is 6.92 Å². The summed E-state index contributed by atoms with van der Waals surface area (Å²) < 4.78 is 5.11. The molecule has 1 unspecified atom stereocenters. The van der Waals surface area contributed by atoms with Crippen LogP contribution >= 0.6 is 11.8 Å². The van der Waals surface area contributed by atoms with Gasteiger partial charge in [-0.05, 0) is 6.92 Å². The van der Waals surface area contributed by atoms with Crippen molar-refractivity contribution in [2.45, 2.75) is 13.0 Å². The third-order valence-corrected chi connectivity index (χ3v) is 2.72. The molecular formula is C8H16N2O2S. The minimum Gasteiger partial charge on any atom is -0.380 e. The molecule has 5 heteroatoms. The monoisotopic (exact) mass is 204 g/mol. The van der Waals surface area contributed by atoms with E-state index in [0.717, 1.165) is 11.6 Å². The summed E-state index contributed by atoms with van der Waals surface area (Å²) in [5.74, 6) is 1.84. The molecule has 1 amide bonds. The van der Waals surface area contributed by atoms with Gasteiger partial charge in [-0.2, -0.15) is 0 Å². The number of ether oxygens (including phenoxy) is 1. The summed E-state index contributed by atoms with van der Waals surface area (Å²) in [6, 6.07) is -0.00775. The zero-order chi connectivity index (χ0) is 9.52. The predicted octanol–water partition coefficient (Wildman–Crippen LogP) is -0.198. The Morgan fingerprint density at radius 3 is 3.23 bits per heavy atom. The molecule has 0 aliphatic carbocycles. The van der Waals surface area contributed by atoms with Gasteiger partial charge in [0.2, 0.25) is 5.91 Å². The molecule has 0 spiro atoms. The summed E-state index contributed by atoms with van der Waals surface area (Å²) in [5.41, 5.74) is 0. The molecule has 13 heavy (non-hydrogen) atoms. The minimum absolute atomic E-state index is 0.00775. The summed E-state index contributed by atoms with van der Waals surface area (Å²) in [5, 5.41) is 5.93. The maximum absolute atomic E-state index is 11.4. The molecule has 0 radical (unpaired) electrons. The molecular weight excluding hydrogens is 188 g/mol. The zero-order valence-electron chi connectivity index (χ0n) is 7.84. The van der Waals surface area contributed by atoms with Crippen LogP contribution in [0, 0.1) is 0 Å². The van der Waals surface area contributed by atoms with Crippen molar-refractivity contribution in [1.29, 1.82) is 0 Å². The number of amides is 1. The van der Waals surface area contributed by atoms with Gasteiger partial charge in [-0.1, -0.05) is 0 Å². The predicted molar refractivity (Wildman–Crippen MR) is 53.8 cm³/mol. The smallest absolute Gasteiger partial charge is 0.238 e. The molecule has 1 rings (SSSR count). The van der Waals surface area contributed by atoms with Gasteiger partial charge in [0.15, 0.2) is 0 Å². The van der Waals surface area contributed by atoms with Gasteiger partial charge in [-0.25, -0.2) is 0 Å². The molecule has 1 aliphatic heterocycles. The molecule has 1 aliphatic rings. The highest BCUT2D eigenvalue weighted by molar-refractivity contribution is 7.99. The molecule has 76 valence electrons. The van der Waals surface area contributed by atoms with Crippen LogP contribution in [-0.4, -0.2) is 43.3 Å². The number of nitrogens with one attached hydrogen (secondary N) is 2. The van der Waals surface area contributed by atoms with E-state index in [-0.39, 0.29) is 11.9 Å². The van der Waals surface area contributed by atoms with Crippen molar-refractivity contribution in [3.05, 3.63) is 0 Å². The fourth-order valence-electron chi connectivity index (χ4n) is 1.08. The molecule has 0 bridgehead atoms. The highest BCUT2D eigenvalue weighted by atomic mass is 32.2. The van der Waals surface area contributed by atoms with Crippen LogP contribution in [0.4, 0.5) is 0 Å². The molecule has 0 aromatic carbocycles. The maximum Gasteiger partial charge on any atom is 0.238 e. The number of carbonyl (C=O) groups is 1. The lowest BCUT2D eigenvalue weighted by atomic mass is 10.3. The Hall–Kier alpha value is -0.260. The van der Waals surface area contributed by atoms with Gasteiger partial charge in [0.25, 0.3) is 0 Å². The Kier molecular flexibility index (Phi) is 5.19. The second kappa shape index (κ2) is 6.23. The topological polar surface area (TPSA) is 50.4 Å². The van der Waals surface area contributed by atoms with Gasteiger partial charge in [0.1, 0.15) is 0 Å². The van der Waals surface area contributed by atoms with E-state index in [9.17, 15) is 4.79 Å². The summed E-state index contributed by atoms with van der Waals surface area (Å²) in [7, 11) is 0. The summed E-state index contributed by atoms with van der Waals surface area (Å²) in [4.78, 5) is 11.4. The van der Waals surface area contributed by atoms with Crippen molar-refractivity contribution in [2.75, 3.05) is 31.4 Å². The molecule has 4 nitrogen and oxygen atoms in total. The second-order valence-corrected chi connectivity index (χ2v) is 3.79. The van der Waals surface area contributed by atoms with Crippen LogP contribution < -0.4 is 10.6 Å². The van der Waals surface area contributed by atoms with Crippen LogP contribution in [0.3, 0.4) is 0 Å².